The Morgan fingerprint density at radius 1 is 0.923 bits per heavy atom. The van der Waals surface area contributed by atoms with Gasteiger partial charge in [-0.05, 0) is 48.9 Å². The first-order valence-corrected chi connectivity index (χ1v) is 8.71. The molecule has 0 heterocycles. The van der Waals surface area contributed by atoms with Gasteiger partial charge in [-0.1, -0.05) is 48.0 Å². The molecule has 0 aliphatic rings. The number of rotatable bonds is 7. The highest BCUT2D eigenvalue weighted by atomic mass is 16.5. The van der Waals surface area contributed by atoms with Crippen LogP contribution in [0.2, 0.25) is 0 Å². The lowest BCUT2D eigenvalue weighted by atomic mass is 9.97. The standard InChI is InChI=1S/C23H23NO2/c1-17-8-12-20(13-9-17)24-22(18-6-4-3-5-7-18)16-23(25)19-10-14-21(26-2)15-11-19/h3-15,22,24H,16H2,1-2H3/t22-/m0/s1. The van der Waals surface area contributed by atoms with Gasteiger partial charge in [-0.2, -0.15) is 0 Å². The highest BCUT2D eigenvalue weighted by Gasteiger charge is 2.17. The van der Waals surface area contributed by atoms with Crippen LogP contribution in [0, 0.1) is 6.92 Å². The van der Waals surface area contributed by atoms with Crippen molar-refractivity contribution in [3.8, 4) is 5.75 Å². The summed E-state index contributed by atoms with van der Waals surface area (Å²) in [5.41, 5.74) is 4.00. The number of carbonyl (C=O) groups is 1. The highest BCUT2D eigenvalue weighted by Crippen LogP contribution is 2.25. The molecule has 3 aromatic carbocycles. The predicted octanol–water partition coefficient (Wildman–Crippen LogP) is 5.43. The second-order valence-corrected chi connectivity index (χ2v) is 6.33. The Balaban J connectivity index is 1.80. The van der Waals surface area contributed by atoms with Crippen LogP contribution in [0.3, 0.4) is 0 Å². The Kier molecular flexibility index (Phi) is 5.69. The van der Waals surface area contributed by atoms with E-state index in [1.54, 1.807) is 7.11 Å². The van der Waals surface area contributed by atoms with Crippen LogP contribution in [-0.4, -0.2) is 12.9 Å². The summed E-state index contributed by atoms with van der Waals surface area (Å²) in [5, 5.41) is 3.50. The molecule has 0 aliphatic heterocycles. The van der Waals surface area contributed by atoms with Crippen molar-refractivity contribution in [2.45, 2.75) is 19.4 Å². The molecule has 3 nitrogen and oxygen atoms in total. The van der Waals surface area contributed by atoms with E-state index in [2.05, 4.69) is 24.4 Å². The van der Waals surface area contributed by atoms with Crippen molar-refractivity contribution in [2.75, 3.05) is 12.4 Å². The lowest BCUT2D eigenvalue weighted by Crippen LogP contribution is -2.15. The van der Waals surface area contributed by atoms with E-state index in [1.165, 1.54) is 5.56 Å². The molecule has 0 spiro atoms. The molecule has 0 aromatic heterocycles. The predicted molar refractivity (Wildman–Crippen MR) is 106 cm³/mol. The average Bonchev–Trinajstić information content (AvgIpc) is 2.70. The maximum absolute atomic E-state index is 12.8. The lowest BCUT2D eigenvalue weighted by Gasteiger charge is -2.20. The number of hydrogen-bond acceptors (Lipinski definition) is 3. The van der Waals surface area contributed by atoms with E-state index >= 15 is 0 Å². The maximum Gasteiger partial charge on any atom is 0.165 e. The van der Waals surface area contributed by atoms with Crippen molar-refractivity contribution in [3.63, 3.8) is 0 Å². The number of nitrogens with one attached hydrogen (secondary N) is 1. The largest absolute Gasteiger partial charge is 0.497 e. The molecule has 0 radical (unpaired) electrons. The van der Waals surface area contributed by atoms with Gasteiger partial charge in [-0.3, -0.25) is 4.79 Å². The minimum atomic E-state index is -0.0893. The van der Waals surface area contributed by atoms with E-state index in [0.717, 1.165) is 17.0 Å². The zero-order chi connectivity index (χ0) is 18.4. The molecule has 3 aromatic rings. The van der Waals surface area contributed by atoms with E-state index in [0.29, 0.717) is 12.0 Å². The van der Waals surface area contributed by atoms with Gasteiger partial charge in [0, 0.05) is 17.7 Å². The summed E-state index contributed by atoms with van der Waals surface area (Å²) >= 11 is 0. The van der Waals surface area contributed by atoms with Crippen molar-refractivity contribution < 1.29 is 9.53 Å². The molecule has 0 amide bonds. The number of carbonyl (C=O) groups excluding carboxylic acids is 1. The summed E-state index contributed by atoms with van der Waals surface area (Å²) in [4.78, 5) is 12.8. The molecule has 1 N–H and O–H groups in total. The quantitative estimate of drug-likeness (QED) is 0.580. The van der Waals surface area contributed by atoms with Gasteiger partial charge in [0.1, 0.15) is 5.75 Å². The second kappa shape index (κ2) is 8.34. The summed E-state index contributed by atoms with van der Waals surface area (Å²) < 4.78 is 5.16. The van der Waals surface area contributed by atoms with Crippen molar-refractivity contribution in [2.24, 2.45) is 0 Å². The summed E-state index contributed by atoms with van der Waals surface area (Å²) in [6.45, 7) is 2.06. The SMILES string of the molecule is COc1ccc(C(=O)C[C@H](Nc2ccc(C)cc2)c2ccccc2)cc1. The van der Waals surface area contributed by atoms with Gasteiger partial charge in [0.15, 0.2) is 5.78 Å². The van der Waals surface area contributed by atoms with Crippen LogP contribution in [0.1, 0.15) is 33.9 Å². The minimum Gasteiger partial charge on any atom is -0.497 e. The van der Waals surface area contributed by atoms with E-state index in [4.69, 9.17) is 4.74 Å². The number of ether oxygens (including phenoxy) is 1. The smallest absolute Gasteiger partial charge is 0.165 e. The Bertz CT molecular complexity index is 840. The number of benzene rings is 3. The van der Waals surface area contributed by atoms with Gasteiger partial charge < -0.3 is 10.1 Å². The summed E-state index contributed by atoms with van der Waals surface area (Å²) in [5.74, 6) is 0.847. The molecule has 3 rings (SSSR count). The van der Waals surface area contributed by atoms with E-state index in [9.17, 15) is 4.79 Å². The first-order chi connectivity index (χ1) is 12.7. The third kappa shape index (κ3) is 4.51. The molecular weight excluding hydrogens is 322 g/mol. The van der Waals surface area contributed by atoms with Crippen molar-refractivity contribution in [1.82, 2.24) is 0 Å². The van der Waals surface area contributed by atoms with E-state index in [-0.39, 0.29) is 11.8 Å². The Morgan fingerprint density at radius 2 is 1.58 bits per heavy atom. The van der Waals surface area contributed by atoms with Gasteiger partial charge in [0.05, 0.1) is 13.2 Å². The summed E-state index contributed by atoms with van der Waals surface area (Å²) in [6, 6.07) is 25.5. The highest BCUT2D eigenvalue weighted by molar-refractivity contribution is 5.96. The fourth-order valence-corrected chi connectivity index (χ4v) is 2.87. The van der Waals surface area contributed by atoms with E-state index in [1.807, 2.05) is 66.7 Å². The molecule has 1 atom stereocenters. The van der Waals surface area contributed by atoms with Gasteiger partial charge in [0.25, 0.3) is 0 Å². The second-order valence-electron chi connectivity index (χ2n) is 6.33. The van der Waals surface area contributed by atoms with Crippen LogP contribution in [0.5, 0.6) is 5.75 Å². The maximum atomic E-state index is 12.8. The average molecular weight is 345 g/mol. The minimum absolute atomic E-state index is 0.0893. The molecule has 0 saturated carbocycles. The number of hydrogen-bond donors (Lipinski definition) is 1. The summed E-state index contributed by atoms with van der Waals surface area (Å²) in [7, 11) is 1.62. The third-order valence-corrected chi connectivity index (χ3v) is 4.40. The molecular formula is C23H23NO2. The first-order valence-electron chi connectivity index (χ1n) is 8.71. The fraction of sp³-hybridized carbons (Fsp3) is 0.174. The van der Waals surface area contributed by atoms with Crippen LogP contribution in [0.4, 0.5) is 5.69 Å². The van der Waals surface area contributed by atoms with E-state index < -0.39 is 0 Å². The topological polar surface area (TPSA) is 38.3 Å². The lowest BCUT2D eigenvalue weighted by molar-refractivity contribution is 0.0976. The molecule has 0 aliphatic carbocycles. The van der Waals surface area contributed by atoms with Gasteiger partial charge in [-0.15, -0.1) is 0 Å². The molecule has 0 unspecified atom stereocenters. The first kappa shape index (κ1) is 17.7. The third-order valence-electron chi connectivity index (χ3n) is 4.40. The van der Waals surface area contributed by atoms with Gasteiger partial charge in [0.2, 0.25) is 0 Å². The molecule has 132 valence electrons. The van der Waals surface area contributed by atoms with Crippen LogP contribution in [0.15, 0.2) is 78.9 Å². The van der Waals surface area contributed by atoms with Gasteiger partial charge >= 0.3 is 0 Å². The monoisotopic (exact) mass is 345 g/mol. The molecule has 0 saturated heterocycles. The van der Waals surface area contributed by atoms with Crippen LogP contribution >= 0.6 is 0 Å². The number of aryl methyl sites for hydroxylation is 1. The van der Waals surface area contributed by atoms with Gasteiger partial charge in [-0.25, -0.2) is 0 Å². The molecule has 0 fully saturated rings. The van der Waals surface area contributed by atoms with Crippen molar-refractivity contribution in [1.29, 1.82) is 0 Å². The Hall–Kier alpha value is -3.07. The number of anilines is 1. The van der Waals surface area contributed by atoms with Crippen molar-refractivity contribution >= 4 is 11.5 Å². The molecule has 3 heteroatoms. The molecule has 26 heavy (non-hydrogen) atoms. The number of Topliss-reactive ketones (excluding diaryl/α,β-unsaturated/α-hetero) is 1. The number of ketones is 1. The van der Waals surface area contributed by atoms with Crippen LogP contribution < -0.4 is 10.1 Å². The van der Waals surface area contributed by atoms with Crippen molar-refractivity contribution in [3.05, 3.63) is 95.6 Å². The van der Waals surface area contributed by atoms with Crippen LogP contribution in [-0.2, 0) is 0 Å². The molecule has 0 bridgehead atoms. The summed E-state index contributed by atoms with van der Waals surface area (Å²) in [6.07, 6.45) is 0.379. The van der Waals surface area contributed by atoms with Crippen LogP contribution in [0.25, 0.3) is 0 Å². The Labute approximate surface area is 154 Å². The fourth-order valence-electron chi connectivity index (χ4n) is 2.87. The normalized spacial score (nSPS) is 11.6. The zero-order valence-corrected chi connectivity index (χ0v) is 15.1. The zero-order valence-electron chi connectivity index (χ0n) is 15.1. The number of methoxy groups -OCH3 is 1. The Morgan fingerprint density at radius 3 is 2.19 bits per heavy atom.